The minimum atomic E-state index is -3.65. The van der Waals surface area contributed by atoms with Gasteiger partial charge in [-0.2, -0.15) is 4.31 Å². The van der Waals surface area contributed by atoms with Gasteiger partial charge in [-0.05, 0) is 68.4 Å². The largest absolute Gasteiger partial charge is 0.497 e. The average Bonchev–Trinajstić information content (AvgIpc) is 2.59. The van der Waals surface area contributed by atoms with Gasteiger partial charge in [0.25, 0.3) is 0 Å². The molecule has 1 aromatic carbocycles. The number of rotatable bonds is 5. The van der Waals surface area contributed by atoms with Crippen molar-refractivity contribution >= 4 is 10.0 Å². The Morgan fingerprint density at radius 2 is 1.56 bits per heavy atom. The van der Waals surface area contributed by atoms with Gasteiger partial charge in [0.05, 0.1) is 14.2 Å². The zero-order valence-corrected chi connectivity index (χ0v) is 16.0. The summed E-state index contributed by atoms with van der Waals surface area (Å²) < 4.78 is 39.2. The fraction of sp³-hybridized carbons (Fsp3) is 0.684. The molecule has 0 aliphatic heterocycles. The van der Waals surface area contributed by atoms with Crippen LogP contribution in [0.4, 0.5) is 0 Å². The van der Waals surface area contributed by atoms with E-state index in [9.17, 15) is 8.42 Å². The van der Waals surface area contributed by atoms with Gasteiger partial charge in [-0.15, -0.1) is 0 Å². The molecule has 0 N–H and O–H groups in total. The van der Waals surface area contributed by atoms with Gasteiger partial charge in [0.15, 0.2) is 0 Å². The van der Waals surface area contributed by atoms with Crippen LogP contribution in [0.5, 0.6) is 11.5 Å². The van der Waals surface area contributed by atoms with Crippen LogP contribution < -0.4 is 9.47 Å². The first-order valence-electron chi connectivity index (χ1n) is 9.09. The molecule has 0 aromatic heterocycles. The zero-order chi connectivity index (χ0) is 17.8. The zero-order valence-electron chi connectivity index (χ0n) is 15.2. The molecule has 4 saturated carbocycles. The summed E-state index contributed by atoms with van der Waals surface area (Å²) in [5.74, 6) is 2.97. The third-order valence-electron chi connectivity index (χ3n) is 6.68. The monoisotopic (exact) mass is 365 g/mol. The quantitative estimate of drug-likeness (QED) is 0.803. The summed E-state index contributed by atoms with van der Waals surface area (Å²) in [5.41, 5.74) is -0.221. The van der Waals surface area contributed by atoms with Crippen molar-refractivity contribution in [2.45, 2.75) is 49.0 Å². The molecule has 5 nitrogen and oxygen atoms in total. The number of methoxy groups -OCH3 is 2. The van der Waals surface area contributed by atoms with Gasteiger partial charge in [0, 0.05) is 18.7 Å². The fourth-order valence-corrected chi connectivity index (χ4v) is 7.54. The summed E-state index contributed by atoms with van der Waals surface area (Å²) in [4.78, 5) is 0.201. The van der Waals surface area contributed by atoms with Gasteiger partial charge >= 0.3 is 0 Å². The number of benzene rings is 1. The van der Waals surface area contributed by atoms with Crippen LogP contribution in [0.15, 0.2) is 23.1 Å². The molecule has 0 spiro atoms. The maximum absolute atomic E-state index is 13.5. The number of nitrogens with zero attached hydrogens (tertiary/aromatic N) is 1. The lowest BCUT2D eigenvalue weighted by Crippen LogP contribution is -2.60. The van der Waals surface area contributed by atoms with E-state index in [-0.39, 0.29) is 10.4 Å². The van der Waals surface area contributed by atoms with Crippen molar-refractivity contribution < 1.29 is 17.9 Å². The van der Waals surface area contributed by atoms with Crippen LogP contribution in [0, 0.1) is 17.8 Å². The Kier molecular flexibility index (Phi) is 4.03. The molecule has 0 radical (unpaired) electrons. The second-order valence-electron chi connectivity index (χ2n) is 8.13. The maximum atomic E-state index is 13.5. The third-order valence-corrected chi connectivity index (χ3v) is 8.67. The highest BCUT2D eigenvalue weighted by molar-refractivity contribution is 7.89. The van der Waals surface area contributed by atoms with E-state index >= 15 is 0 Å². The van der Waals surface area contributed by atoms with Gasteiger partial charge in [-0.25, -0.2) is 8.42 Å². The van der Waals surface area contributed by atoms with E-state index in [1.165, 1.54) is 26.4 Å². The normalized spacial score (nSPS) is 33.7. The highest BCUT2D eigenvalue weighted by Gasteiger charge is 2.55. The van der Waals surface area contributed by atoms with Gasteiger partial charge in [-0.1, -0.05) is 0 Å². The van der Waals surface area contributed by atoms with Crippen molar-refractivity contribution in [2.24, 2.45) is 17.8 Å². The lowest BCUT2D eigenvalue weighted by molar-refractivity contribution is -0.0496. The maximum Gasteiger partial charge on any atom is 0.247 e. The SMILES string of the molecule is COc1ccc(OC)c(S(=O)(=O)N(C)C23CC4CC(CC(C4)C2)C3)c1. The Hall–Kier alpha value is -1.27. The molecule has 0 saturated heterocycles. The lowest BCUT2D eigenvalue weighted by atomic mass is 9.53. The Bertz CT molecular complexity index is 738. The Morgan fingerprint density at radius 3 is 2.04 bits per heavy atom. The van der Waals surface area contributed by atoms with E-state index in [1.54, 1.807) is 36.7 Å². The van der Waals surface area contributed by atoms with Gasteiger partial charge in [0.2, 0.25) is 10.0 Å². The first kappa shape index (κ1) is 17.2. The molecular weight excluding hydrogens is 338 g/mol. The molecular formula is C19H27NO4S. The van der Waals surface area contributed by atoms with Crippen LogP contribution >= 0.6 is 0 Å². The Morgan fingerprint density at radius 1 is 1.00 bits per heavy atom. The predicted octanol–water partition coefficient (Wildman–Crippen LogP) is 3.29. The van der Waals surface area contributed by atoms with E-state index in [2.05, 4.69) is 0 Å². The van der Waals surface area contributed by atoms with Gasteiger partial charge < -0.3 is 9.47 Å². The highest BCUT2D eigenvalue weighted by Crippen LogP contribution is 2.58. The first-order valence-corrected chi connectivity index (χ1v) is 10.5. The van der Waals surface area contributed by atoms with Crippen LogP contribution in [0.3, 0.4) is 0 Å². The Labute approximate surface area is 150 Å². The van der Waals surface area contributed by atoms with E-state index in [0.717, 1.165) is 19.3 Å². The van der Waals surface area contributed by atoms with Gasteiger partial charge in [0.1, 0.15) is 16.4 Å². The smallest absolute Gasteiger partial charge is 0.247 e. The van der Waals surface area contributed by atoms with Crippen LogP contribution in [-0.2, 0) is 10.0 Å². The molecule has 4 bridgehead atoms. The summed E-state index contributed by atoms with van der Waals surface area (Å²) >= 11 is 0. The van der Waals surface area contributed by atoms with Crippen LogP contribution in [0.25, 0.3) is 0 Å². The van der Waals surface area contributed by atoms with E-state index in [1.807, 2.05) is 0 Å². The third kappa shape index (κ3) is 2.65. The molecule has 0 atom stereocenters. The van der Waals surface area contributed by atoms with Crippen molar-refractivity contribution in [1.29, 1.82) is 0 Å². The molecule has 0 heterocycles. The average molecular weight is 365 g/mol. The van der Waals surface area contributed by atoms with E-state index < -0.39 is 10.0 Å². The predicted molar refractivity (Wildman–Crippen MR) is 95.4 cm³/mol. The van der Waals surface area contributed by atoms with Crippen molar-refractivity contribution in [3.05, 3.63) is 18.2 Å². The van der Waals surface area contributed by atoms with E-state index in [0.29, 0.717) is 29.3 Å². The summed E-state index contributed by atoms with van der Waals surface area (Å²) in [7, 11) is 1.16. The molecule has 25 heavy (non-hydrogen) atoms. The second kappa shape index (κ2) is 5.88. The molecule has 0 amide bonds. The van der Waals surface area contributed by atoms with Crippen molar-refractivity contribution in [1.82, 2.24) is 4.31 Å². The van der Waals surface area contributed by atoms with Crippen molar-refractivity contribution in [3.63, 3.8) is 0 Å². The number of hydrogen-bond donors (Lipinski definition) is 0. The minimum absolute atomic E-state index is 0.201. The lowest BCUT2D eigenvalue weighted by Gasteiger charge is -2.59. The molecule has 5 rings (SSSR count). The van der Waals surface area contributed by atoms with Crippen LogP contribution in [-0.4, -0.2) is 39.5 Å². The molecule has 1 aromatic rings. The first-order chi connectivity index (χ1) is 11.9. The molecule has 4 aliphatic rings. The summed E-state index contributed by atoms with van der Waals surface area (Å²) in [6, 6.07) is 4.97. The Balaban J connectivity index is 1.73. The molecule has 0 unspecified atom stereocenters. The second-order valence-corrected chi connectivity index (χ2v) is 10.1. The number of hydrogen-bond acceptors (Lipinski definition) is 4. The number of sulfonamides is 1. The van der Waals surface area contributed by atoms with Crippen LogP contribution in [0.2, 0.25) is 0 Å². The van der Waals surface area contributed by atoms with Crippen molar-refractivity contribution in [3.8, 4) is 11.5 Å². The highest BCUT2D eigenvalue weighted by atomic mass is 32.2. The molecule has 138 valence electrons. The number of ether oxygens (including phenoxy) is 2. The summed E-state index contributed by atoms with van der Waals surface area (Å²) in [5, 5.41) is 0. The summed E-state index contributed by atoms with van der Waals surface area (Å²) in [6.45, 7) is 0. The van der Waals surface area contributed by atoms with Crippen molar-refractivity contribution in [2.75, 3.05) is 21.3 Å². The minimum Gasteiger partial charge on any atom is -0.497 e. The topological polar surface area (TPSA) is 55.8 Å². The van der Waals surface area contributed by atoms with Gasteiger partial charge in [-0.3, -0.25) is 0 Å². The summed E-state index contributed by atoms with van der Waals surface area (Å²) in [6.07, 6.45) is 6.86. The standard InChI is InChI=1S/C19H27NO4S/c1-20(19-10-13-6-14(11-19)8-15(7-13)12-19)25(21,22)18-9-16(23-2)4-5-17(18)24-3/h4-5,9,13-15H,6-8,10-12H2,1-3H3. The molecule has 4 fully saturated rings. The van der Waals surface area contributed by atoms with E-state index in [4.69, 9.17) is 9.47 Å². The molecule has 6 heteroatoms. The van der Waals surface area contributed by atoms with Crippen LogP contribution in [0.1, 0.15) is 38.5 Å². The fourth-order valence-electron chi connectivity index (χ4n) is 5.84. The molecule has 4 aliphatic carbocycles.